The first-order valence-corrected chi connectivity index (χ1v) is 6.77. The Balaban J connectivity index is 0.00000180. The highest BCUT2D eigenvalue weighted by atomic mass is 35.5. The van der Waals surface area contributed by atoms with Crippen molar-refractivity contribution < 1.29 is 0 Å². The third-order valence-corrected chi connectivity index (χ3v) is 3.83. The summed E-state index contributed by atoms with van der Waals surface area (Å²) in [7, 11) is 0. The van der Waals surface area contributed by atoms with Gasteiger partial charge in [0.25, 0.3) is 0 Å². The summed E-state index contributed by atoms with van der Waals surface area (Å²) in [5.41, 5.74) is 7.58. The van der Waals surface area contributed by atoms with Crippen molar-refractivity contribution in [1.82, 2.24) is 5.32 Å². The molecule has 1 aromatic carbocycles. The van der Waals surface area contributed by atoms with Gasteiger partial charge in [-0.25, -0.2) is 0 Å². The first kappa shape index (κ1) is 16.0. The molecular formula is C15H22ClN3. The lowest BCUT2D eigenvalue weighted by Gasteiger charge is -2.29. The summed E-state index contributed by atoms with van der Waals surface area (Å²) in [6.45, 7) is 1.61. The van der Waals surface area contributed by atoms with Crippen molar-refractivity contribution in [2.45, 2.75) is 37.6 Å². The molecule has 4 heteroatoms. The van der Waals surface area contributed by atoms with Crippen LogP contribution in [-0.4, -0.2) is 19.1 Å². The topological polar surface area (TPSA) is 61.8 Å². The fraction of sp³-hybridized carbons (Fsp3) is 0.533. The summed E-state index contributed by atoms with van der Waals surface area (Å²) < 4.78 is 0. The minimum absolute atomic E-state index is 0. The number of benzene rings is 1. The van der Waals surface area contributed by atoms with E-state index in [4.69, 9.17) is 11.0 Å². The molecule has 3 N–H and O–H groups in total. The van der Waals surface area contributed by atoms with E-state index in [0.717, 1.165) is 12.1 Å². The normalized spacial score (nSPS) is 22.3. The van der Waals surface area contributed by atoms with Crippen molar-refractivity contribution in [1.29, 1.82) is 5.26 Å². The summed E-state index contributed by atoms with van der Waals surface area (Å²) >= 11 is 0. The van der Waals surface area contributed by atoms with Crippen LogP contribution in [0.4, 0.5) is 0 Å². The summed E-state index contributed by atoms with van der Waals surface area (Å²) in [6, 6.07) is 10.9. The van der Waals surface area contributed by atoms with E-state index in [1.807, 2.05) is 18.2 Å². The second-order valence-corrected chi connectivity index (χ2v) is 4.99. The van der Waals surface area contributed by atoms with E-state index < -0.39 is 0 Å². The quantitative estimate of drug-likeness (QED) is 0.890. The largest absolute Gasteiger partial charge is 0.329 e. The Morgan fingerprint density at radius 2 is 1.89 bits per heavy atom. The lowest BCUT2D eigenvalue weighted by atomic mass is 9.80. The molecule has 0 spiro atoms. The van der Waals surface area contributed by atoms with Crippen LogP contribution >= 0.6 is 12.4 Å². The zero-order valence-corrected chi connectivity index (χ0v) is 12.0. The molecule has 1 aromatic rings. The van der Waals surface area contributed by atoms with Gasteiger partial charge in [0, 0.05) is 19.1 Å². The second-order valence-electron chi connectivity index (χ2n) is 4.99. The van der Waals surface area contributed by atoms with E-state index in [1.54, 1.807) is 0 Å². The molecule has 0 saturated heterocycles. The Hall–Kier alpha value is -1.08. The highest BCUT2D eigenvalue weighted by molar-refractivity contribution is 5.85. The molecule has 2 rings (SSSR count). The van der Waals surface area contributed by atoms with Crippen LogP contribution in [0.25, 0.3) is 0 Å². The molecule has 0 unspecified atom stereocenters. The van der Waals surface area contributed by atoms with Gasteiger partial charge in [0.2, 0.25) is 0 Å². The molecule has 0 aliphatic heterocycles. The monoisotopic (exact) mass is 279 g/mol. The average Bonchev–Trinajstić information content (AvgIpc) is 2.45. The average molecular weight is 280 g/mol. The summed E-state index contributed by atoms with van der Waals surface area (Å²) in [6.07, 6.45) is 4.71. The number of hydrogen-bond acceptors (Lipinski definition) is 3. The van der Waals surface area contributed by atoms with Crippen LogP contribution < -0.4 is 11.1 Å². The molecule has 0 heterocycles. The molecule has 1 saturated carbocycles. The van der Waals surface area contributed by atoms with Crippen LogP contribution in [-0.2, 0) is 0 Å². The summed E-state index contributed by atoms with van der Waals surface area (Å²) in [5.74, 6) is 0.553. The van der Waals surface area contributed by atoms with Crippen molar-refractivity contribution in [3.63, 3.8) is 0 Å². The van der Waals surface area contributed by atoms with E-state index in [1.165, 1.54) is 31.2 Å². The van der Waals surface area contributed by atoms with Crippen LogP contribution in [0.3, 0.4) is 0 Å². The van der Waals surface area contributed by atoms with Gasteiger partial charge in [-0.3, -0.25) is 0 Å². The Labute approximate surface area is 121 Å². The molecule has 0 atom stereocenters. The molecule has 0 bridgehead atoms. The van der Waals surface area contributed by atoms with E-state index in [0.29, 0.717) is 18.5 Å². The third-order valence-electron chi connectivity index (χ3n) is 3.83. The van der Waals surface area contributed by atoms with E-state index in [2.05, 4.69) is 17.5 Å². The van der Waals surface area contributed by atoms with Crippen LogP contribution in [0.2, 0.25) is 0 Å². The summed E-state index contributed by atoms with van der Waals surface area (Å²) in [4.78, 5) is 0. The van der Waals surface area contributed by atoms with E-state index >= 15 is 0 Å². The maximum absolute atomic E-state index is 9.14. The number of nitrogens with two attached hydrogens (primary N) is 1. The van der Waals surface area contributed by atoms with Gasteiger partial charge in [0.15, 0.2) is 0 Å². The Kier molecular flexibility index (Phi) is 6.86. The summed E-state index contributed by atoms with van der Waals surface area (Å²) in [5, 5.41) is 12.6. The Morgan fingerprint density at radius 1 is 1.21 bits per heavy atom. The van der Waals surface area contributed by atoms with E-state index in [9.17, 15) is 0 Å². The predicted octanol–water partition coefficient (Wildman–Crippen LogP) is 2.55. The molecule has 3 nitrogen and oxygen atoms in total. The van der Waals surface area contributed by atoms with Crippen LogP contribution in [0.1, 0.15) is 42.7 Å². The molecule has 1 fully saturated rings. The zero-order chi connectivity index (χ0) is 12.8. The molecule has 104 valence electrons. The minimum atomic E-state index is 0. The fourth-order valence-corrected chi connectivity index (χ4v) is 2.85. The van der Waals surface area contributed by atoms with Gasteiger partial charge in [-0.15, -0.1) is 12.4 Å². The van der Waals surface area contributed by atoms with Crippen LogP contribution in [0.5, 0.6) is 0 Å². The zero-order valence-electron chi connectivity index (χ0n) is 11.1. The highest BCUT2D eigenvalue weighted by Gasteiger charge is 2.23. The molecule has 19 heavy (non-hydrogen) atoms. The fourth-order valence-electron chi connectivity index (χ4n) is 2.85. The number of hydrogen-bond donors (Lipinski definition) is 2. The van der Waals surface area contributed by atoms with Gasteiger partial charge >= 0.3 is 0 Å². The molecular weight excluding hydrogens is 258 g/mol. The third kappa shape index (κ3) is 4.21. The van der Waals surface area contributed by atoms with Crippen molar-refractivity contribution in [3.05, 3.63) is 35.4 Å². The molecule has 0 aromatic heterocycles. The number of rotatable bonds is 4. The lowest BCUT2D eigenvalue weighted by Crippen LogP contribution is -2.36. The van der Waals surface area contributed by atoms with Crippen molar-refractivity contribution >= 4 is 12.4 Å². The van der Waals surface area contributed by atoms with Crippen molar-refractivity contribution in [3.8, 4) is 6.07 Å². The van der Waals surface area contributed by atoms with Crippen molar-refractivity contribution in [2.75, 3.05) is 13.1 Å². The van der Waals surface area contributed by atoms with Crippen LogP contribution in [0, 0.1) is 11.3 Å². The van der Waals surface area contributed by atoms with Gasteiger partial charge in [-0.05, 0) is 43.2 Å². The SMILES string of the molecule is Cl.N#Cc1ccccc1[C@H]1CC[C@@H](NCCN)CC1. The van der Waals surface area contributed by atoms with Gasteiger partial charge in [0.1, 0.15) is 0 Å². The molecule has 1 aliphatic rings. The first-order valence-electron chi connectivity index (χ1n) is 6.77. The van der Waals surface area contributed by atoms with Gasteiger partial charge in [-0.1, -0.05) is 18.2 Å². The standard InChI is InChI=1S/C15H21N3.ClH/c16-9-10-18-14-7-5-12(6-8-14)15-4-2-1-3-13(15)11-17;/h1-4,12,14,18H,5-10,16H2;1H/t12-,14+;. The maximum Gasteiger partial charge on any atom is 0.0994 e. The first-order chi connectivity index (χ1) is 8.85. The number of nitrogens with one attached hydrogen (secondary N) is 1. The Bertz CT molecular complexity index is 420. The van der Waals surface area contributed by atoms with Gasteiger partial charge in [0.05, 0.1) is 11.6 Å². The van der Waals surface area contributed by atoms with E-state index in [-0.39, 0.29) is 12.4 Å². The van der Waals surface area contributed by atoms with Gasteiger partial charge < -0.3 is 11.1 Å². The molecule has 0 radical (unpaired) electrons. The predicted molar refractivity (Wildman–Crippen MR) is 80.5 cm³/mol. The number of nitrogens with zero attached hydrogens (tertiary/aromatic N) is 1. The molecule has 0 amide bonds. The smallest absolute Gasteiger partial charge is 0.0994 e. The number of halogens is 1. The van der Waals surface area contributed by atoms with Crippen molar-refractivity contribution in [2.24, 2.45) is 5.73 Å². The second kappa shape index (κ2) is 8.16. The highest BCUT2D eigenvalue weighted by Crippen LogP contribution is 2.34. The molecule has 1 aliphatic carbocycles. The Morgan fingerprint density at radius 3 is 2.53 bits per heavy atom. The lowest BCUT2D eigenvalue weighted by molar-refractivity contribution is 0.345. The van der Waals surface area contributed by atoms with Crippen LogP contribution in [0.15, 0.2) is 24.3 Å². The minimum Gasteiger partial charge on any atom is -0.329 e. The van der Waals surface area contributed by atoms with Gasteiger partial charge in [-0.2, -0.15) is 5.26 Å². The number of nitriles is 1. The maximum atomic E-state index is 9.14.